The van der Waals surface area contributed by atoms with Crippen molar-refractivity contribution in [1.29, 1.82) is 0 Å². The lowest BCUT2D eigenvalue weighted by Crippen LogP contribution is -2.41. The molecule has 1 amide bonds. The van der Waals surface area contributed by atoms with Gasteiger partial charge in [0, 0.05) is 29.7 Å². The number of halogens is 1. The number of rotatable bonds is 6. The zero-order chi connectivity index (χ0) is 21.9. The van der Waals surface area contributed by atoms with E-state index in [1.165, 1.54) is 16.4 Å². The van der Waals surface area contributed by atoms with Crippen molar-refractivity contribution in [3.63, 3.8) is 0 Å². The number of carbonyl (C=O) groups excluding carboxylic acids is 2. The predicted molar refractivity (Wildman–Crippen MR) is 111 cm³/mol. The third-order valence-electron chi connectivity index (χ3n) is 4.92. The van der Waals surface area contributed by atoms with E-state index < -0.39 is 16.0 Å². The summed E-state index contributed by atoms with van der Waals surface area (Å²) in [6.07, 6.45) is 0.742. The molecule has 1 N–H and O–H groups in total. The van der Waals surface area contributed by atoms with Gasteiger partial charge in [0.25, 0.3) is 10.0 Å². The smallest absolute Gasteiger partial charge is 0.374 e. The molecular weight excluding hydrogens is 432 g/mol. The van der Waals surface area contributed by atoms with Gasteiger partial charge in [-0.2, -0.15) is 4.31 Å². The van der Waals surface area contributed by atoms with Gasteiger partial charge in [-0.15, -0.1) is 0 Å². The molecule has 1 saturated heterocycles. The summed E-state index contributed by atoms with van der Waals surface area (Å²) in [5.41, 5.74) is 1.52. The maximum absolute atomic E-state index is 12.8. The fraction of sp³-hybridized carbons (Fsp3) is 0.400. The van der Waals surface area contributed by atoms with Crippen LogP contribution in [0.4, 0.5) is 5.69 Å². The number of esters is 1. The van der Waals surface area contributed by atoms with Crippen molar-refractivity contribution in [3.8, 4) is 0 Å². The Kier molecular flexibility index (Phi) is 6.84. The molecule has 30 heavy (non-hydrogen) atoms. The van der Waals surface area contributed by atoms with E-state index in [-0.39, 0.29) is 42.4 Å². The summed E-state index contributed by atoms with van der Waals surface area (Å²) in [5, 5.41) is 3.08. The second-order valence-electron chi connectivity index (χ2n) is 6.97. The van der Waals surface area contributed by atoms with Gasteiger partial charge in [-0.05, 0) is 56.5 Å². The highest BCUT2D eigenvalue weighted by Crippen LogP contribution is 2.27. The Morgan fingerprint density at radius 1 is 1.23 bits per heavy atom. The van der Waals surface area contributed by atoms with E-state index in [1.54, 1.807) is 19.1 Å². The topological polar surface area (TPSA) is 106 Å². The van der Waals surface area contributed by atoms with Gasteiger partial charge >= 0.3 is 5.97 Å². The third-order valence-corrected chi connectivity index (χ3v) is 7.10. The first kappa shape index (κ1) is 22.3. The molecule has 2 aromatic rings. The van der Waals surface area contributed by atoms with E-state index >= 15 is 0 Å². The van der Waals surface area contributed by atoms with Crippen LogP contribution in [0.2, 0.25) is 5.02 Å². The van der Waals surface area contributed by atoms with Crippen LogP contribution < -0.4 is 5.32 Å². The molecule has 0 saturated carbocycles. The molecule has 0 radical (unpaired) electrons. The summed E-state index contributed by atoms with van der Waals surface area (Å²) in [6.45, 7) is 4.02. The molecule has 1 aliphatic heterocycles. The minimum Gasteiger partial charge on any atom is -0.460 e. The van der Waals surface area contributed by atoms with Crippen molar-refractivity contribution >= 4 is 39.2 Å². The molecule has 0 unspecified atom stereocenters. The van der Waals surface area contributed by atoms with E-state index in [9.17, 15) is 18.0 Å². The molecular formula is C20H23ClN2O6S. The largest absolute Gasteiger partial charge is 0.460 e. The Morgan fingerprint density at radius 2 is 1.93 bits per heavy atom. The van der Waals surface area contributed by atoms with Gasteiger partial charge in [0.1, 0.15) is 0 Å². The lowest BCUT2D eigenvalue weighted by atomic mass is 9.97. The lowest BCUT2D eigenvalue weighted by molar-refractivity contribution is -0.120. The average Bonchev–Trinajstić information content (AvgIpc) is 3.22. The van der Waals surface area contributed by atoms with Crippen molar-refractivity contribution in [3.05, 3.63) is 46.7 Å². The maximum atomic E-state index is 12.8. The standard InChI is InChI=1S/C20H23ClN2O6S/c1-3-28-20(25)17-6-7-18(29-17)30(26,27)23-10-8-14(9-11-23)19(24)22-15-5-4-13(2)16(21)12-15/h4-7,12,14H,3,8-11H2,1-2H3,(H,22,24). The van der Waals surface area contributed by atoms with Crippen molar-refractivity contribution < 1.29 is 27.2 Å². The number of anilines is 1. The van der Waals surface area contributed by atoms with Crippen LogP contribution in [0.25, 0.3) is 0 Å². The molecule has 1 fully saturated rings. The highest BCUT2D eigenvalue weighted by Gasteiger charge is 2.34. The highest BCUT2D eigenvalue weighted by atomic mass is 35.5. The van der Waals surface area contributed by atoms with Crippen LogP contribution in [0, 0.1) is 12.8 Å². The SMILES string of the molecule is CCOC(=O)c1ccc(S(=O)(=O)N2CCC(C(=O)Nc3ccc(C)c(Cl)c3)CC2)o1. The summed E-state index contributed by atoms with van der Waals surface area (Å²) < 4.78 is 36.8. The molecule has 0 bridgehead atoms. The lowest BCUT2D eigenvalue weighted by Gasteiger charge is -2.29. The Bertz CT molecular complexity index is 1040. The van der Waals surface area contributed by atoms with Gasteiger partial charge in [0.15, 0.2) is 0 Å². The van der Waals surface area contributed by atoms with E-state index in [0.29, 0.717) is 23.6 Å². The summed E-state index contributed by atoms with van der Waals surface area (Å²) in [4.78, 5) is 24.2. The van der Waals surface area contributed by atoms with Crippen LogP contribution in [0.15, 0.2) is 39.8 Å². The number of nitrogens with zero attached hydrogens (tertiary/aromatic N) is 1. The maximum Gasteiger partial charge on any atom is 0.374 e. The first-order valence-electron chi connectivity index (χ1n) is 9.56. The Hall–Kier alpha value is -2.36. The van der Waals surface area contributed by atoms with Crippen molar-refractivity contribution in [2.24, 2.45) is 5.92 Å². The second kappa shape index (κ2) is 9.20. The summed E-state index contributed by atoms with van der Waals surface area (Å²) >= 11 is 6.09. The number of hydrogen-bond acceptors (Lipinski definition) is 6. The van der Waals surface area contributed by atoms with Crippen molar-refractivity contribution in [2.75, 3.05) is 25.0 Å². The molecule has 10 heteroatoms. The van der Waals surface area contributed by atoms with Crippen molar-refractivity contribution in [2.45, 2.75) is 31.8 Å². The van der Waals surface area contributed by atoms with Crippen LogP contribution in [-0.2, 0) is 19.6 Å². The minimum atomic E-state index is -3.90. The quantitative estimate of drug-likeness (QED) is 0.670. The van der Waals surface area contributed by atoms with Gasteiger partial charge in [0.2, 0.25) is 16.8 Å². The van der Waals surface area contributed by atoms with Gasteiger partial charge < -0.3 is 14.5 Å². The third kappa shape index (κ3) is 4.85. The molecule has 8 nitrogen and oxygen atoms in total. The predicted octanol–water partition coefficient (Wildman–Crippen LogP) is 3.46. The number of hydrogen-bond donors (Lipinski definition) is 1. The van der Waals surface area contributed by atoms with E-state index in [0.717, 1.165) is 5.56 Å². The number of amides is 1. The van der Waals surface area contributed by atoms with Crippen LogP contribution in [0.3, 0.4) is 0 Å². The summed E-state index contributed by atoms with van der Waals surface area (Å²) in [6, 6.07) is 7.80. The van der Waals surface area contributed by atoms with Crippen LogP contribution in [0.5, 0.6) is 0 Å². The average molecular weight is 455 g/mol. The zero-order valence-electron chi connectivity index (χ0n) is 16.7. The molecule has 1 aliphatic rings. The number of sulfonamides is 1. The second-order valence-corrected chi connectivity index (χ2v) is 9.25. The van der Waals surface area contributed by atoms with Crippen LogP contribution >= 0.6 is 11.6 Å². The minimum absolute atomic E-state index is 0.159. The van der Waals surface area contributed by atoms with Gasteiger partial charge in [-0.25, -0.2) is 13.2 Å². The van der Waals surface area contributed by atoms with Crippen LogP contribution in [0.1, 0.15) is 35.9 Å². The number of carbonyl (C=O) groups is 2. The fourth-order valence-electron chi connectivity index (χ4n) is 3.17. The normalized spacial score (nSPS) is 15.7. The molecule has 0 spiro atoms. The fourth-order valence-corrected chi connectivity index (χ4v) is 4.73. The first-order valence-corrected chi connectivity index (χ1v) is 11.4. The summed E-state index contributed by atoms with van der Waals surface area (Å²) in [7, 11) is -3.90. The first-order chi connectivity index (χ1) is 14.2. The van der Waals surface area contributed by atoms with Crippen molar-refractivity contribution in [1.82, 2.24) is 4.31 Å². The molecule has 0 aliphatic carbocycles. The van der Waals surface area contributed by atoms with Crippen LogP contribution in [-0.4, -0.2) is 44.3 Å². The van der Waals surface area contributed by atoms with E-state index in [4.69, 9.17) is 20.8 Å². The highest BCUT2D eigenvalue weighted by molar-refractivity contribution is 7.89. The Balaban J connectivity index is 1.60. The Morgan fingerprint density at radius 3 is 2.57 bits per heavy atom. The van der Waals surface area contributed by atoms with Gasteiger partial charge in [-0.3, -0.25) is 4.79 Å². The zero-order valence-corrected chi connectivity index (χ0v) is 18.3. The molecule has 1 aromatic heterocycles. The number of aryl methyl sites for hydroxylation is 1. The number of benzene rings is 1. The summed E-state index contributed by atoms with van der Waals surface area (Å²) in [5.74, 6) is -1.37. The molecule has 2 heterocycles. The molecule has 0 atom stereocenters. The van der Waals surface area contributed by atoms with Gasteiger partial charge in [0.05, 0.1) is 6.61 Å². The van der Waals surface area contributed by atoms with Gasteiger partial charge in [-0.1, -0.05) is 17.7 Å². The van der Waals surface area contributed by atoms with E-state index in [2.05, 4.69) is 5.32 Å². The monoisotopic (exact) mass is 454 g/mol. The number of nitrogens with one attached hydrogen (secondary N) is 1. The number of ether oxygens (including phenoxy) is 1. The van der Waals surface area contributed by atoms with E-state index in [1.807, 2.05) is 13.0 Å². The Labute approximate surface area is 180 Å². The molecule has 162 valence electrons. The molecule has 3 rings (SSSR count). The number of piperidine rings is 1. The number of furan rings is 1. The molecule has 1 aromatic carbocycles.